The fourth-order valence-corrected chi connectivity index (χ4v) is 1.72. The lowest BCUT2D eigenvalue weighted by Gasteiger charge is -2.18. The smallest absolute Gasteiger partial charge is 0.309 e. The molecular weight excluding hydrogens is 244 g/mol. The second kappa shape index (κ2) is 5.87. The molecule has 0 radical (unpaired) electrons. The zero-order valence-electron chi connectivity index (χ0n) is 11.8. The number of carboxylic acids is 1. The Morgan fingerprint density at radius 1 is 1.32 bits per heavy atom. The minimum absolute atomic E-state index is 0.0181. The lowest BCUT2D eigenvalue weighted by molar-refractivity contribution is -0.146. The van der Waals surface area contributed by atoms with Crippen LogP contribution < -0.4 is 4.74 Å². The third-order valence-corrected chi connectivity index (χ3v) is 2.98. The lowest BCUT2D eigenvalue weighted by Crippen LogP contribution is -2.27. The summed E-state index contributed by atoms with van der Waals surface area (Å²) in [6.07, 6.45) is -0.0181. The molecule has 0 heterocycles. The fourth-order valence-electron chi connectivity index (χ4n) is 1.72. The Kier molecular flexibility index (Phi) is 4.70. The van der Waals surface area contributed by atoms with Crippen LogP contribution in [0.2, 0.25) is 0 Å². The maximum absolute atomic E-state index is 12.1. The maximum Gasteiger partial charge on any atom is 0.309 e. The average molecular weight is 264 g/mol. The molecule has 1 aromatic rings. The van der Waals surface area contributed by atoms with Gasteiger partial charge in [-0.15, -0.1) is 0 Å². The summed E-state index contributed by atoms with van der Waals surface area (Å²) in [4.78, 5) is 23.1. The highest BCUT2D eigenvalue weighted by Crippen LogP contribution is 2.25. The second-order valence-corrected chi connectivity index (χ2v) is 5.20. The molecule has 0 atom stereocenters. The molecule has 0 bridgehead atoms. The van der Waals surface area contributed by atoms with Gasteiger partial charge in [-0.2, -0.15) is 0 Å². The molecule has 1 rings (SSSR count). The Bertz CT molecular complexity index is 489. The number of Topliss-reactive ketones (excluding diaryl/α,β-unsaturated/α-hetero) is 1. The summed E-state index contributed by atoms with van der Waals surface area (Å²) in [5.41, 5.74) is 0.347. The molecule has 0 saturated carbocycles. The minimum atomic E-state index is -1.05. The van der Waals surface area contributed by atoms with E-state index in [1.54, 1.807) is 32.0 Å². The first kappa shape index (κ1) is 15.2. The number of carbonyl (C=O) groups is 2. The number of ketones is 1. The van der Waals surface area contributed by atoms with Crippen LogP contribution in [-0.4, -0.2) is 23.5 Å². The van der Waals surface area contributed by atoms with Crippen LogP contribution in [0.4, 0.5) is 0 Å². The molecule has 0 aliphatic heterocycles. The first-order valence-electron chi connectivity index (χ1n) is 6.28. The number of hydrogen-bond acceptors (Lipinski definition) is 3. The highest BCUT2D eigenvalue weighted by Gasteiger charge is 2.30. The predicted octanol–water partition coefficient (Wildman–Crippen LogP) is 3.08. The lowest BCUT2D eigenvalue weighted by atomic mass is 9.85. The molecule has 0 unspecified atom stereocenters. The molecule has 0 aliphatic carbocycles. The molecule has 0 saturated heterocycles. The fraction of sp³-hybridized carbons (Fsp3) is 0.467. The third kappa shape index (κ3) is 3.81. The molecule has 104 valence electrons. The van der Waals surface area contributed by atoms with Crippen molar-refractivity contribution in [2.45, 2.75) is 34.1 Å². The van der Waals surface area contributed by atoms with Crippen LogP contribution in [0.15, 0.2) is 18.2 Å². The van der Waals surface area contributed by atoms with Crippen LogP contribution >= 0.6 is 0 Å². The van der Waals surface area contributed by atoms with Crippen molar-refractivity contribution in [3.8, 4) is 5.75 Å². The van der Waals surface area contributed by atoms with Crippen molar-refractivity contribution in [2.75, 3.05) is 6.61 Å². The number of aliphatic carboxylic acids is 1. The largest absolute Gasteiger partial charge is 0.494 e. The Hall–Kier alpha value is -1.84. The molecule has 0 fully saturated rings. The number of benzene rings is 1. The van der Waals surface area contributed by atoms with E-state index in [1.807, 2.05) is 13.8 Å². The Balaban J connectivity index is 2.90. The van der Waals surface area contributed by atoms with Gasteiger partial charge in [-0.25, -0.2) is 0 Å². The van der Waals surface area contributed by atoms with Gasteiger partial charge < -0.3 is 9.84 Å². The number of ether oxygens (including phenoxy) is 1. The Morgan fingerprint density at radius 2 is 1.95 bits per heavy atom. The van der Waals surface area contributed by atoms with E-state index in [2.05, 4.69) is 0 Å². The van der Waals surface area contributed by atoms with Gasteiger partial charge in [-0.3, -0.25) is 9.59 Å². The monoisotopic (exact) mass is 264 g/mol. The van der Waals surface area contributed by atoms with Gasteiger partial charge in [0.25, 0.3) is 0 Å². The predicted molar refractivity (Wildman–Crippen MR) is 72.7 cm³/mol. The van der Waals surface area contributed by atoms with Gasteiger partial charge >= 0.3 is 5.97 Å². The maximum atomic E-state index is 12.1. The van der Waals surface area contributed by atoms with Crippen molar-refractivity contribution in [1.29, 1.82) is 0 Å². The Labute approximate surface area is 113 Å². The highest BCUT2D eigenvalue weighted by atomic mass is 16.5. The highest BCUT2D eigenvalue weighted by molar-refractivity contribution is 5.99. The summed E-state index contributed by atoms with van der Waals surface area (Å²) in [6.45, 7) is 7.43. The van der Waals surface area contributed by atoms with Gasteiger partial charge in [-0.1, -0.05) is 0 Å². The van der Waals surface area contributed by atoms with Crippen LogP contribution in [0.5, 0.6) is 5.75 Å². The first-order chi connectivity index (χ1) is 8.77. The zero-order chi connectivity index (χ0) is 14.6. The summed E-state index contributed by atoms with van der Waals surface area (Å²) < 4.78 is 5.41. The number of hydrogen-bond donors (Lipinski definition) is 1. The van der Waals surface area contributed by atoms with Gasteiger partial charge in [0, 0.05) is 12.0 Å². The SMILES string of the molecule is CCOc1ccc(C(=O)CC(C)(C)C(=O)O)cc1C. The summed E-state index contributed by atoms with van der Waals surface area (Å²) >= 11 is 0. The van der Waals surface area contributed by atoms with Crippen molar-refractivity contribution in [2.24, 2.45) is 5.41 Å². The number of rotatable bonds is 6. The number of carbonyl (C=O) groups excluding carboxylic acids is 1. The van der Waals surface area contributed by atoms with Gasteiger partial charge in [0.05, 0.1) is 12.0 Å². The molecule has 1 N–H and O–H groups in total. The van der Waals surface area contributed by atoms with E-state index in [0.717, 1.165) is 11.3 Å². The van der Waals surface area contributed by atoms with E-state index in [1.165, 1.54) is 0 Å². The summed E-state index contributed by atoms with van der Waals surface area (Å²) in [5.74, 6) is -0.390. The summed E-state index contributed by atoms with van der Waals surface area (Å²) in [5, 5.41) is 9.03. The van der Waals surface area contributed by atoms with Crippen LogP contribution in [0.25, 0.3) is 0 Å². The van der Waals surface area contributed by atoms with E-state index in [0.29, 0.717) is 12.2 Å². The molecule has 1 aromatic carbocycles. The van der Waals surface area contributed by atoms with Gasteiger partial charge in [0.2, 0.25) is 0 Å². The third-order valence-electron chi connectivity index (χ3n) is 2.98. The van der Waals surface area contributed by atoms with E-state index < -0.39 is 11.4 Å². The molecule has 4 nitrogen and oxygen atoms in total. The summed E-state index contributed by atoms with van der Waals surface area (Å²) in [6, 6.07) is 5.17. The topological polar surface area (TPSA) is 63.6 Å². The van der Waals surface area contributed by atoms with Crippen LogP contribution in [-0.2, 0) is 4.79 Å². The van der Waals surface area contributed by atoms with Crippen molar-refractivity contribution in [3.63, 3.8) is 0 Å². The zero-order valence-corrected chi connectivity index (χ0v) is 11.8. The van der Waals surface area contributed by atoms with Gasteiger partial charge in [-0.05, 0) is 51.5 Å². The van der Waals surface area contributed by atoms with Crippen LogP contribution in [0.3, 0.4) is 0 Å². The molecule has 19 heavy (non-hydrogen) atoms. The normalized spacial score (nSPS) is 11.2. The second-order valence-electron chi connectivity index (χ2n) is 5.20. The quantitative estimate of drug-likeness (QED) is 0.802. The van der Waals surface area contributed by atoms with Crippen LogP contribution in [0.1, 0.15) is 43.1 Å². The molecule has 0 aliphatic rings. The van der Waals surface area contributed by atoms with E-state index in [-0.39, 0.29) is 12.2 Å². The molecule has 0 spiro atoms. The average Bonchev–Trinajstić information content (AvgIpc) is 2.31. The van der Waals surface area contributed by atoms with Gasteiger partial charge in [0.15, 0.2) is 5.78 Å². The molecule has 0 aromatic heterocycles. The molecule has 4 heteroatoms. The molecular formula is C15H20O4. The minimum Gasteiger partial charge on any atom is -0.494 e. The van der Waals surface area contributed by atoms with Crippen LogP contribution in [0, 0.1) is 12.3 Å². The van der Waals surface area contributed by atoms with Gasteiger partial charge in [0.1, 0.15) is 5.75 Å². The van der Waals surface area contributed by atoms with Crippen molar-refractivity contribution in [1.82, 2.24) is 0 Å². The van der Waals surface area contributed by atoms with Crippen molar-refractivity contribution >= 4 is 11.8 Å². The van der Waals surface area contributed by atoms with Crippen molar-refractivity contribution < 1.29 is 19.4 Å². The number of carboxylic acid groups (broad SMARTS) is 1. The summed E-state index contributed by atoms with van der Waals surface area (Å²) in [7, 11) is 0. The standard InChI is InChI=1S/C15H20O4/c1-5-19-13-7-6-11(8-10(13)2)12(16)9-15(3,4)14(17)18/h6-8H,5,9H2,1-4H3,(H,17,18). The van der Waals surface area contributed by atoms with E-state index in [9.17, 15) is 9.59 Å². The number of aryl methyl sites for hydroxylation is 1. The van der Waals surface area contributed by atoms with Crippen molar-refractivity contribution in [3.05, 3.63) is 29.3 Å². The van der Waals surface area contributed by atoms with E-state index >= 15 is 0 Å². The Morgan fingerprint density at radius 3 is 2.42 bits per heavy atom. The first-order valence-corrected chi connectivity index (χ1v) is 6.28. The molecule has 0 amide bonds. The van der Waals surface area contributed by atoms with E-state index in [4.69, 9.17) is 9.84 Å².